The van der Waals surface area contributed by atoms with E-state index in [9.17, 15) is 0 Å². The van der Waals surface area contributed by atoms with Gasteiger partial charge < -0.3 is 5.73 Å². The van der Waals surface area contributed by atoms with E-state index in [1.807, 2.05) is 18.2 Å². The van der Waals surface area contributed by atoms with Gasteiger partial charge in [0, 0.05) is 22.1 Å². The van der Waals surface area contributed by atoms with Crippen molar-refractivity contribution in [3.05, 3.63) is 33.8 Å². The van der Waals surface area contributed by atoms with Crippen molar-refractivity contribution in [2.45, 2.75) is 44.7 Å². The Hall–Kier alpha value is -0.280. The zero-order valence-electron chi connectivity index (χ0n) is 11.4. The molecule has 0 aromatic heterocycles. The van der Waals surface area contributed by atoms with Gasteiger partial charge in [0.2, 0.25) is 0 Å². The Morgan fingerprint density at radius 1 is 1.37 bits per heavy atom. The Morgan fingerprint density at radius 3 is 2.84 bits per heavy atom. The number of likely N-dealkylation sites (tertiary alicyclic amines) is 1. The Bertz CT molecular complexity index is 421. The van der Waals surface area contributed by atoms with Crippen LogP contribution < -0.4 is 5.73 Å². The molecule has 0 radical (unpaired) electrons. The number of hydrogen-bond acceptors (Lipinski definition) is 2. The maximum atomic E-state index is 6.33. The van der Waals surface area contributed by atoms with Gasteiger partial charge in [-0.15, -0.1) is 0 Å². The first-order valence-electron chi connectivity index (χ1n) is 7.04. The van der Waals surface area contributed by atoms with Crippen LogP contribution in [-0.4, -0.2) is 24.0 Å². The summed E-state index contributed by atoms with van der Waals surface area (Å²) >= 11 is 12.3. The smallest absolute Gasteiger partial charge is 0.0468 e. The molecule has 1 aromatic carbocycles. The van der Waals surface area contributed by atoms with Gasteiger partial charge in [-0.25, -0.2) is 0 Å². The number of benzene rings is 1. The van der Waals surface area contributed by atoms with Gasteiger partial charge >= 0.3 is 0 Å². The van der Waals surface area contributed by atoms with Crippen LogP contribution in [0.25, 0.3) is 0 Å². The quantitative estimate of drug-likeness (QED) is 0.900. The molecule has 1 aromatic rings. The average Bonchev–Trinajstić information content (AvgIpc) is 2.39. The van der Waals surface area contributed by atoms with Crippen molar-refractivity contribution < 1.29 is 0 Å². The summed E-state index contributed by atoms with van der Waals surface area (Å²) in [5, 5.41) is 1.45. The number of nitrogens with two attached hydrogens (primary N) is 1. The fourth-order valence-electron chi connectivity index (χ4n) is 3.05. The van der Waals surface area contributed by atoms with Gasteiger partial charge in [0.15, 0.2) is 0 Å². The van der Waals surface area contributed by atoms with Crippen molar-refractivity contribution in [1.82, 2.24) is 4.90 Å². The van der Waals surface area contributed by atoms with Crippen LogP contribution in [0.2, 0.25) is 10.0 Å². The van der Waals surface area contributed by atoms with Crippen LogP contribution >= 0.6 is 23.2 Å². The molecule has 1 saturated heterocycles. The molecule has 2 atom stereocenters. The van der Waals surface area contributed by atoms with Crippen LogP contribution in [0.1, 0.15) is 44.2 Å². The molecule has 2 N–H and O–H groups in total. The fraction of sp³-hybridized carbons (Fsp3) is 0.600. The van der Waals surface area contributed by atoms with Crippen molar-refractivity contribution in [1.29, 1.82) is 0 Å². The molecule has 0 amide bonds. The number of rotatable bonds is 4. The van der Waals surface area contributed by atoms with Crippen LogP contribution in [0.15, 0.2) is 18.2 Å². The summed E-state index contributed by atoms with van der Waals surface area (Å²) in [5.41, 5.74) is 6.90. The van der Waals surface area contributed by atoms with Gasteiger partial charge in [-0.2, -0.15) is 0 Å². The Labute approximate surface area is 125 Å². The second-order valence-electron chi connectivity index (χ2n) is 5.31. The van der Waals surface area contributed by atoms with E-state index in [1.165, 1.54) is 19.3 Å². The normalized spacial score (nSPS) is 22.4. The van der Waals surface area contributed by atoms with Crippen molar-refractivity contribution >= 4 is 23.2 Å². The molecule has 2 rings (SSSR count). The minimum atomic E-state index is 0.321. The summed E-state index contributed by atoms with van der Waals surface area (Å²) in [5.74, 6) is 0. The van der Waals surface area contributed by atoms with Gasteiger partial charge in [0.1, 0.15) is 0 Å². The van der Waals surface area contributed by atoms with E-state index in [2.05, 4.69) is 11.8 Å². The molecule has 4 heteroatoms. The molecule has 19 heavy (non-hydrogen) atoms. The first kappa shape index (κ1) is 15.1. The van der Waals surface area contributed by atoms with Gasteiger partial charge in [-0.3, -0.25) is 4.90 Å². The minimum absolute atomic E-state index is 0.321. The summed E-state index contributed by atoms with van der Waals surface area (Å²) in [6.45, 7) is 4.11. The van der Waals surface area contributed by atoms with E-state index in [1.54, 1.807) is 0 Å². The van der Waals surface area contributed by atoms with Crippen molar-refractivity contribution in [2.75, 3.05) is 13.1 Å². The van der Waals surface area contributed by atoms with Crippen LogP contribution in [-0.2, 0) is 0 Å². The van der Waals surface area contributed by atoms with E-state index in [4.69, 9.17) is 28.9 Å². The molecule has 1 heterocycles. The second-order valence-corrected chi connectivity index (χ2v) is 6.15. The summed E-state index contributed by atoms with van der Waals surface area (Å²) in [6, 6.07) is 6.70. The predicted octanol–water partition coefficient (Wildman–Crippen LogP) is 4.26. The number of piperidine rings is 1. The Balaban J connectivity index is 2.18. The second kappa shape index (κ2) is 6.94. The average molecular weight is 301 g/mol. The lowest BCUT2D eigenvalue weighted by Gasteiger charge is -2.40. The molecule has 2 nitrogen and oxygen atoms in total. The zero-order chi connectivity index (χ0) is 13.8. The van der Waals surface area contributed by atoms with Gasteiger partial charge in [0.25, 0.3) is 0 Å². The van der Waals surface area contributed by atoms with Crippen LogP contribution in [0.4, 0.5) is 0 Å². The molecule has 2 unspecified atom stereocenters. The van der Waals surface area contributed by atoms with Crippen molar-refractivity contribution in [3.8, 4) is 0 Å². The standard InChI is InChI=1S/C15H22Cl2N2/c1-11(14-6-5-12(16)10-15(14)17)19-9-3-2-4-13(19)7-8-18/h5-6,10-11,13H,2-4,7-9,18H2,1H3. The number of nitrogens with zero attached hydrogens (tertiary/aromatic N) is 1. The SMILES string of the molecule is CC(c1ccc(Cl)cc1Cl)N1CCCCC1CCN. The molecule has 0 spiro atoms. The molecule has 0 bridgehead atoms. The van der Waals surface area contributed by atoms with Crippen LogP contribution in [0.3, 0.4) is 0 Å². The maximum absolute atomic E-state index is 6.33. The Morgan fingerprint density at radius 2 is 2.16 bits per heavy atom. The third kappa shape index (κ3) is 3.63. The third-order valence-corrected chi connectivity index (χ3v) is 4.65. The fourth-order valence-corrected chi connectivity index (χ4v) is 3.62. The van der Waals surface area contributed by atoms with Crippen LogP contribution in [0, 0.1) is 0 Å². The van der Waals surface area contributed by atoms with Gasteiger partial charge in [-0.1, -0.05) is 35.7 Å². The minimum Gasteiger partial charge on any atom is -0.330 e. The van der Waals surface area contributed by atoms with Gasteiger partial charge in [-0.05, 0) is 57.0 Å². The topological polar surface area (TPSA) is 29.3 Å². The van der Waals surface area contributed by atoms with Crippen molar-refractivity contribution in [2.24, 2.45) is 5.73 Å². The van der Waals surface area contributed by atoms with Gasteiger partial charge in [0.05, 0.1) is 0 Å². The highest BCUT2D eigenvalue weighted by Gasteiger charge is 2.27. The molecule has 1 aliphatic rings. The first-order chi connectivity index (χ1) is 9.13. The molecule has 1 aliphatic heterocycles. The third-order valence-electron chi connectivity index (χ3n) is 4.08. The molecule has 106 valence electrons. The lowest BCUT2D eigenvalue weighted by Crippen LogP contribution is -2.42. The largest absolute Gasteiger partial charge is 0.330 e. The summed E-state index contributed by atoms with van der Waals surface area (Å²) in [7, 11) is 0. The number of hydrogen-bond donors (Lipinski definition) is 1. The molecule has 0 saturated carbocycles. The van der Waals surface area contributed by atoms with E-state index < -0.39 is 0 Å². The van der Waals surface area contributed by atoms with E-state index >= 15 is 0 Å². The molecule has 0 aliphatic carbocycles. The first-order valence-corrected chi connectivity index (χ1v) is 7.80. The van der Waals surface area contributed by atoms with Crippen LogP contribution in [0.5, 0.6) is 0 Å². The highest BCUT2D eigenvalue weighted by molar-refractivity contribution is 6.35. The highest BCUT2D eigenvalue weighted by atomic mass is 35.5. The monoisotopic (exact) mass is 300 g/mol. The lowest BCUT2D eigenvalue weighted by molar-refractivity contribution is 0.0984. The summed E-state index contributed by atoms with van der Waals surface area (Å²) in [6.07, 6.45) is 4.88. The maximum Gasteiger partial charge on any atom is 0.0468 e. The summed E-state index contributed by atoms with van der Waals surface area (Å²) < 4.78 is 0. The van der Waals surface area contributed by atoms with Crippen molar-refractivity contribution in [3.63, 3.8) is 0 Å². The Kier molecular flexibility index (Phi) is 5.52. The van der Waals surface area contributed by atoms with E-state index in [0.29, 0.717) is 17.1 Å². The summed E-state index contributed by atoms with van der Waals surface area (Å²) in [4.78, 5) is 2.55. The van der Waals surface area contributed by atoms with E-state index in [-0.39, 0.29) is 0 Å². The van der Waals surface area contributed by atoms with E-state index in [0.717, 1.165) is 30.1 Å². The predicted molar refractivity (Wildman–Crippen MR) is 82.9 cm³/mol. The molecular formula is C15H22Cl2N2. The number of halogens is 2. The molecular weight excluding hydrogens is 279 g/mol. The molecule has 1 fully saturated rings. The lowest BCUT2D eigenvalue weighted by atomic mass is 9.95. The zero-order valence-corrected chi connectivity index (χ0v) is 12.9. The highest BCUT2D eigenvalue weighted by Crippen LogP contribution is 2.34.